The van der Waals surface area contributed by atoms with E-state index in [0.717, 1.165) is 53.5 Å². The summed E-state index contributed by atoms with van der Waals surface area (Å²) in [4.78, 5) is 0. The maximum absolute atomic E-state index is 10.7. The number of aliphatic hydroxyl groups excluding tert-OH is 4. The van der Waals surface area contributed by atoms with E-state index in [4.69, 9.17) is 4.74 Å². The number of rotatable bonds is 4. The van der Waals surface area contributed by atoms with Gasteiger partial charge in [0.25, 0.3) is 0 Å². The van der Waals surface area contributed by atoms with Crippen LogP contribution in [0, 0.1) is 0 Å². The number of hydrogen-bond donors (Lipinski definition) is 4. The molecule has 4 N–H and O–H groups in total. The van der Waals surface area contributed by atoms with Gasteiger partial charge in [-0.3, -0.25) is 0 Å². The maximum Gasteiger partial charge on any atom is 0.113 e. The van der Waals surface area contributed by atoms with Crippen LogP contribution in [0.1, 0.15) is 53.7 Å². The molecule has 5 nitrogen and oxygen atoms in total. The minimum absolute atomic E-state index is 0.425. The number of fused-ring (bicyclic) bond motifs is 1. The van der Waals surface area contributed by atoms with Gasteiger partial charge in [-0.25, -0.2) is 0 Å². The highest BCUT2D eigenvalue weighted by molar-refractivity contribution is 5.82. The summed E-state index contributed by atoms with van der Waals surface area (Å²) in [5.41, 5.74) is 6.61. The van der Waals surface area contributed by atoms with Crippen molar-refractivity contribution in [1.29, 1.82) is 0 Å². The van der Waals surface area contributed by atoms with E-state index in [1.165, 1.54) is 5.56 Å². The first-order valence-corrected chi connectivity index (χ1v) is 10.8. The molecular weight excluding hydrogens is 380 g/mol. The monoisotopic (exact) mass is 410 g/mol. The minimum Gasteiger partial charge on any atom is -0.394 e. The van der Waals surface area contributed by atoms with Crippen LogP contribution in [0.15, 0.2) is 48.5 Å². The molecule has 5 atom stereocenters. The molecule has 2 aliphatic rings. The largest absolute Gasteiger partial charge is 0.394 e. The summed E-state index contributed by atoms with van der Waals surface area (Å²) < 4.78 is 5.87. The molecule has 5 unspecified atom stereocenters. The third kappa shape index (κ3) is 3.84. The summed E-state index contributed by atoms with van der Waals surface area (Å²) in [5.74, 6) is 0. The van der Waals surface area contributed by atoms with Crippen molar-refractivity contribution in [1.82, 2.24) is 0 Å². The molecule has 1 aliphatic carbocycles. The van der Waals surface area contributed by atoms with Crippen molar-refractivity contribution in [3.63, 3.8) is 0 Å². The van der Waals surface area contributed by atoms with Crippen molar-refractivity contribution in [2.45, 2.75) is 63.1 Å². The predicted octanol–water partition coefficient (Wildman–Crippen LogP) is 2.53. The number of ether oxygens (including phenoxy) is 1. The Bertz CT molecular complexity index is 902. The number of aliphatic hydroxyl groups is 4. The van der Waals surface area contributed by atoms with Crippen LogP contribution in [-0.4, -0.2) is 51.4 Å². The molecule has 4 rings (SSSR count). The van der Waals surface area contributed by atoms with Crippen molar-refractivity contribution < 1.29 is 25.2 Å². The Kier molecular flexibility index (Phi) is 6.37. The zero-order valence-corrected chi connectivity index (χ0v) is 17.2. The molecule has 2 aromatic rings. The smallest absolute Gasteiger partial charge is 0.113 e. The lowest BCUT2D eigenvalue weighted by Crippen LogP contribution is -2.55. The first kappa shape index (κ1) is 21.2. The molecule has 30 heavy (non-hydrogen) atoms. The fraction of sp³-hybridized carbons (Fsp3) is 0.440. The van der Waals surface area contributed by atoms with Crippen LogP contribution < -0.4 is 0 Å². The summed E-state index contributed by atoms with van der Waals surface area (Å²) in [7, 11) is 0. The van der Waals surface area contributed by atoms with Crippen molar-refractivity contribution in [3.8, 4) is 0 Å². The summed E-state index contributed by atoms with van der Waals surface area (Å²) in [6.45, 7) is 1.72. The van der Waals surface area contributed by atoms with Gasteiger partial charge in [-0.2, -0.15) is 0 Å². The second kappa shape index (κ2) is 9.00. The van der Waals surface area contributed by atoms with Gasteiger partial charge in [0.1, 0.15) is 30.5 Å². The molecule has 1 fully saturated rings. The second-order valence-corrected chi connectivity index (χ2v) is 8.18. The molecular formula is C25H30O5. The van der Waals surface area contributed by atoms with Crippen LogP contribution in [0.5, 0.6) is 0 Å². The molecule has 1 aliphatic heterocycles. The molecule has 0 saturated carbocycles. The summed E-state index contributed by atoms with van der Waals surface area (Å²) >= 11 is 0. The fourth-order valence-corrected chi connectivity index (χ4v) is 4.59. The Hall–Kier alpha value is -2.02. The van der Waals surface area contributed by atoms with E-state index < -0.39 is 37.1 Å². The van der Waals surface area contributed by atoms with Crippen molar-refractivity contribution >= 4 is 5.57 Å². The number of allylic oxidation sites excluding steroid dienone is 1. The van der Waals surface area contributed by atoms with Gasteiger partial charge < -0.3 is 25.2 Å². The molecule has 160 valence electrons. The predicted molar refractivity (Wildman–Crippen MR) is 115 cm³/mol. The Balaban J connectivity index is 1.75. The number of hydrogen-bond acceptors (Lipinski definition) is 5. The molecule has 1 saturated heterocycles. The van der Waals surface area contributed by atoms with Gasteiger partial charge in [-0.1, -0.05) is 55.5 Å². The second-order valence-electron chi connectivity index (χ2n) is 8.18. The zero-order chi connectivity index (χ0) is 21.3. The normalized spacial score (nSPS) is 29.1. The summed E-state index contributed by atoms with van der Waals surface area (Å²) in [6.07, 6.45) is 0.299. The highest BCUT2D eigenvalue weighted by atomic mass is 16.5. The van der Waals surface area contributed by atoms with E-state index in [1.54, 1.807) is 0 Å². The van der Waals surface area contributed by atoms with Gasteiger partial charge in [0.2, 0.25) is 0 Å². The van der Waals surface area contributed by atoms with Crippen LogP contribution in [0.4, 0.5) is 0 Å². The average molecular weight is 411 g/mol. The van der Waals surface area contributed by atoms with Gasteiger partial charge in [-0.15, -0.1) is 0 Å². The Morgan fingerprint density at radius 3 is 2.43 bits per heavy atom. The van der Waals surface area contributed by atoms with Crippen LogP contribution in [-0.2, 0) is 17.6 Å². The Labute approximate surface area is 177 Å². The van der Waals surface area contributed by atoms with Crippen LogP contribution in [0.2, 0.25) is 0 Å². The lowest BCUT2D eigenvalue weighted by Gasteiger charge is -2.41. The van der Waals surface area contributed by atoms with Crippen molar-refractivity contribution in [2.24, 2.45) is 0 Å². The molecule has 0 aromatic heterocycles. The molecule has 2 aromatic carbocycles. The fourth-order valence-electron chi connectivity index (χ4n) is 4.59. The number of aryl methyl sites for hydroxylation is 1. The van der Waals surface area contributed by atoms with E-state index in [0.29, 0.717) is 0 Å². The molecule has 0 spiro atoms. The third-order valence-electron chi connectivity index (χ3n) is 6.35. The quantitative estimate of drug-likeness (QED) is 0.622. The summed E-state index contributed by atoms with van der Waals surface area (Å²) in [6, 6.07) is 14.6. The van der Waals surface area contributed by atoms with Gasteiger partial charge in [-0.05, 0) is 59.1 Å². The lowest BCUT2D eigenvalue weighted by atomic mass is 9.84. The first-order chi connectivity index (χ1) is 14.5. The van der Waals surface area contributed by atoms with Crippen LogP contribution >= 0.6 is 0 Å². The highest BCUT2D eigenvalue weighted by Crippen LogP contribution is 2.39. The molecule has 0 bridgehead atoms. The maximum atomic E-state index is 10.7. The van der Waals surface area contributed by atoms with E-state index in [-0.39, 0.29) is 0 Å². The third-order valence-corrected chi connectivity index (χ3v) is 6.35. The standard InChI is InChI=1S/C25H30O5/c1-2-15-10-12-16(13-11-15)17-6-3-4-7-19-18(17)8-5-9-20(19)25-24(29)23(28)22(27)21(14-26)30-25/h5-6,8-13,21-29H,2-4,7,14H2,1H3. The van der Waals surface area contributed by atoms with Crippen molar-refractivity contribution in [3.05, 3.63) is 76.4 Å². The topological polar surface area (TPSA) is 90.2 Å². The van der Waals surface area contributed by atoms with E-state index in [1.807, 2.05) is 12.1 Å². The van der Waals surface area contributed by atoms with E-state index >= 15 is 0 Å². The SMILES string of the molecule is CCc1ccc(C2=CCCCc3c2cccc3C2OC(CO)C(O)C(O)C2O)cc1. The molecule has 0 radical (unpaired) electrons. The van der Waals surface area contributed by atoms with E-state index in [2.05, 4.69) is 43.3 Å². The van der Waals surface area contributed by atoms with Crippen molar-refractivity contribution in [2.75, 3.05) is 6.61 Å². The molecule has 5 heteroatoms. The Morgan fingerprint density at radius 2 is 1.73 bits per heavy atom. The van der Waals surface area contributed by atoms with Gasteiger partial charge >= 0.3 is 0 Å². The number of benzene rings is 2. The Morgan fingerprint density at radius 1 is 0.967 bits per heavy atom. The minimum atomic E-state index is -1.38. The molecule has 1 heterocycles. The average Bonchev–Trinajstić information content (AvgIpc) is 3.00. The zero-order valence-electron chi connectivity index (χ0n) is 17.2. The van der Waals surface area contributed by atoms with Crippen LogP contribution in [0.3, 0.4) is 0 Å². The first-order valence-electron chi connectivity index (χ1n) is 10.8. The lowest BCUT2D eigenvalue weighted by molar-refractivity contribution is -0.231. The van der Waals surface area contributed by atoms with Crippen LogP contribution in [0.25, 0.3) is 5.57 Å². The summed E-state index contributed by atoms with van der Waals surface area (Å²) in [5, 5.41) is 40.6. The molecule has 0 amide bonds. The van der Waals surface area contributed by atoms with Gasteiger partial charge in [0.05, 0.1) is 6.61 Å². The van der Waals surface area contributed by atoms with Gasteiger partial charge in [0.15, 0.2) is 0 Å². The van der Waals surface area contributed by atoms with E-state index in [9.17, 15) is 20.4 Å². The highest BCUT2D eigenvalue weighted by Gasteiger charge is 2.44. The van der Waals surface area contributed by atoms with Gasteiger partial charge in [0, 0.05) is 0 Å².